The molecule has 1 atom stereocenters. The molecule has 0 bridgehead atoms. The number of carbonyl (C=O) groups is 1. The maximum Gasteiger partial charge on any atom is 0.416 e. The number of carbonyl (C=O) groups excluding carboxylic acids is 1. The van der Waals surface area contributed by atoms with E-state index in [1.54, 1.807) is 24.3 Å². The van der Waals surface area contributed by atoms with Crippen LogP contribution in [0, 0.1) is 0 Å². The molecule has 5 nitrogen and oxygen atoms in total. The van der Waals surface area contributed by atoms with Gasteiger partial charge in [0.15, 0.2) is 0 Å². The molecule has 0 aliphatic rings. The van der Waals surface area contributed by atoms with Gasteiger partial charge in [0.2, 0.25) is 10.0 Å². The van der Waals surface area contributed by atoms with Crippen LogP contribution in [0.4, 0.5) is 18.9 Å². The lowest BCUT2D eigenvalue weighted by atomic mass is 10.0. The maximum absolute atomic E-state index is 12.8. The van der Waals surface area contributed by atoms with Crippen molar-refractivity contribution in [1.82, 2.24) is 5.32 Å². The number of halogens is 3. The molecule has 34 heavy (non-hydrogen) atoms. The topological polar surface area (TPSA) is 66.5 Å². The molecule has 180 valence electrons. The summed E-state index contributed by atoms with van der Waals surface area (Å²) in [7, 11) is -3.76. The van der Waals surface area contributed by atoms with Crippen LogP contribution in [0.5, 0.6) is 0 Å². The average Bonchev–Trinajstić information content (AvgIpc) is 2.80. The summed E-state index contributed by atoms with van der Waals surface area (Å²) >= 11 is 0. The number of anilines is 1. The Hall–Kier alpha value is -3.33. The Morgan fingerprint density at radius 3 is 2.06 bits per heavy atom. The molecule has 3 aromatic rings. The molecule has 0 unspecified atom stereocenters. The molecule has 0 saturated heterocycles. The van der Waals surface area contributed by atoms with E-state index in [1.165, 1.54) is 0 Å². The van der Waals surface area contributed by atoms with E-state index in [1.807, 2.05) is 37.3 Å². The quantitative estimate of drug-likeness (QED) is 0.472. The van der Waals surface area contributed by atoms with Crippen molar-refractivity contribution in [1.29, 1.82) is 0 Å². The summed E-state index contributed by atoms with van der Waals surface area (Å²) in [4.78, 5) is 12.5. The molecular weight excluding hydrogens is 465 g/mol. The van der Waals surface area contributed by atoms with Gasteiger partial charge in [-0.15, -0.1) is 0 Å². The van der Waals surface area contributed by atoms with Crippen molar-refractivity contribution in [3.05, 3.63) is 101 Å². The predicted octanol–water partition coefficient (Wildman–Crippen LogP) is 5.21. The second-order valence-electron chi connectivity index (χ2n) is 8.03. The first-order valence-electron chi connectivity index (χ1n) is 10.5. The largest absolute Gasteiger partial charge is 0.416 e. The van der Waals surface area contributed by atoms with Gasteiger partial charge in [0.25, 0.3) is 5.91 Å². The molecule has 0 radical (unpaired) electrons. The molecule has 0 aliphatic carbocycles. The fourth-order valence-electron chi connectivity index (χ4n) is 3.39. The Bertz CT molecular complexity index is 1210. The van der Waals surface area contributed by atoms with Gasteiger partial charge in [-0.25, -0.2) is 8.42 Å². The maximum atomic E-state index is 12.8. The summed E-state index contributed by atoms with van der Waals surface area (Å²) in [6, 6.07) is 20.2. The number of nitrogens with one attached hydrogen (secondary N) is 1. The van der Waals surface area contributed by atoms with Crippen LogP contribution in [0.15, 0.2) is 78.9 Å². The van der Waals surface area contributed by atoms with Gasteiger partial charge in [-0.05, 0) is 53.4 Å². The zero-order valence-electron chi connectivity index (χ0n) is 18.7. The van der Waals surface area contributed by atoms with E-state index in [-0.39, 0.29) is 24.1 Å². The second-order valence-corrected chi connectivity index (χ2v) is 9.94. The van der Waals surface area contributed by atoms with Gasteiger partial charge < -0.3 is 5.32 Å². The van der Waals surface area contributed by atoms with Gasteiger partial charge in [-0.1, -0.05) is 49.4 Å². The summed E-state index contributed by atoms with van der Waals surface area (Å²) in [5.74, 6) is -0.117. The standard InChI is InChI=1S/C25H25F3N2O3S/c1-18(20-6-4-3-5-7-20)16-29-24(31)21-10-8-19(9-11-21)17-30(34(2,32)33)23-14-12-22(13-15-23)25(26,27)28/h3-15,18H,16-17H2,1-2H3,(H,29,31)/t18-/m0/s1. The highest BCUT2D eigenvalue weighted by molar-refractivity contribution is 7.92. The molecule has 0 saturated carbocycles. The van der Waals surface area contributed by atoms with Crippen LogP contribution in [0.1, 0.15) is 39.9 Å². The Morgan fingerprint density at radius 1 is 0.941 bits per heavy atom. The Morgan fingerprint density at radius 2 is 1.53 bits per heavy atom. The van der Waals surface area contributed by atoms with Gasteiger partial charge in [0.05, 0.1) is 24.1 Å². The van der Waals surface area contributed by atoms with E-state index < -0.39 is 21.8 Å². The van der Waals surface area contributed by atoms with Crippen LogP contribution in [0.3, 0.4) is 0 Å². The van der Waals surface area contributed by atoms with E-state index in [0.717, 1.165) is 40.4 Å². The van der Waals surface area contributed by atoms with Crippen molar-refractivity contribution in [3.63, 3.8) is 0 Å². The summed E-state index contributed by atoms with van der Waals surface area (Å²) in [6.45, 7) is 2.39. The minimum atomic E-state index is -4.51. The molecule has 0 aliphatic heterocycles. The van der Waals surface area contributed by atoms with E-state index in [2.05, 4.69) is 5.32 Å². The van der Waals surface area contributed by atoms with Gasteiger partial charge in [0, 0.05) is 12.1 Å². The molecule has 0 heterocycles. The third-order valence-corrected chi connectivity index (χ3v) is 6.50. The molecule has 1 N–H and O–H groups in total. The summed E-state index contributed by atoms with van der Waals surface area (Å²) in [6.07, 6.45) is -3.52. The van der Waals surface area contributed by atoms with Gasteiger partial charge in [-0.2, -0.15) is 13.2 Å². The van der Waals surface area contributed by atoms with E-state index >= 15 is 0 Å². The van der Waals surface area contributed by atoms with Crippen LogP contribution in [-0.2, 0) is 22.7 Å². The second kappa shape index (κ2) is 10.3. The molecule has 3 aromatic carbocycles. The molecule has 0 spiro atoms. The highest BCUT2D eigenvalue weighted by atomic mass is 32.2. The third-order valence-electron chi connectivity index (χ3n) is 5.36. The first kappa shape index (κ1) is 25.3. The third kappa shape index (κ3) is 6.60. The molecule has 0 fully saturated rings. The average molecular weight is 491 g/mol. The smallest absolute Gasteiger partial charge is 0.351 e. The lowest BCUT2D eigenvalue weighted by molar-refractivity contribution is -0.137. The minimum absolute atomic E-state index is 0.0862. The van der Waals surface area contributed by atoms with Crippen LogP contribution >= 0.6 is 0 Å². The first-order valence-corrected chi connectivity index (χ1v) is 12.4. The van der Waals surface area contributed by atoms with Crippen LogP contribution in [0.25, 0.3) is 0 Å². The number of alkyl halides is 3. The number of amides is 1. The Balaban J connectivity index is 1.68. The van der Waals surface area contributed by atoms with Crippen molar-refractivity contribution >= 4 is 21.6 Å². The van der Waals surface area contributed by atoms with Crippen molar-refractivity contribution in [2.75, 3.05) is 17.1 Å². The summed E-state index contributed by atoms with van der Waals surface area (Å²) < 4.78 is 64.1. The number of nitrogens with zero attached hydrogens (tertiary/aromatic N) is 1. The number of hydrogen-bond donors (Lipinski definition) is 1. The van der Waals surface area contributed by atoms with Crippen molar-refractivity contribution in [2.24, 2.45) is 0 Å². The minimum Gasteiger partial charge on any atom is -0.351 e. The fraction of sp³-hybridized carbons (Fsp3) is 0.240. The monoisotopic (exact) mass is 490 g/mol. The zero-order valence-corrected chi connectivity index (χ0v) is 19.5. The summed E-state index contributed by atoms with van der Waals surface area (Å²) in [5.41, 5.74) is 1.38. The van der Waals surface area contributed by atoms with E-state index in [9.17, 15) is 26.4 Å². The number of hydrogen-bond acceptors (Lipinski definition) is 3. The fourth-order valence-corrected chi connectivity index (χ4v) is 4.28. The highest BCUT2D eigenvalue weighted by Gasteiger charge is 2.30. The molecule has 0 aromatic heterocycles. The predicted molar refractivity (Wildman–Crippen MR) is 126 cm³/mol. The van der Waals surface area contributed by atoms with Gasteiger partial charge >= 0.3 is 6.18 Å². The molecule has 1 amide bonds. The van der Waals surface area contributed by atoms with Crippen molar-refractivity contribution < 1.29 is 26.4 Å². The van der Waals surface area contributed by atoms with Crippen LogP contribution in [-0.4, -0.2) is 27.1 Å². The number of sulfonamides is 1. The van der Waals surface area contributed by atoms with Crippen LogP contribution < -0.4 is 9.62 Å². The first-order chi connectivity index (χ1) is 15.9. The van der Waals surface area contributed by atoms with Gasteiger partial charge in [0.1, 0.15) is 0 Å². The lowest BCUT2D eigenvalue weighted by Gasteiger charge is -2.23. The number of benzene rings is 3. The summed E-state index contributed by atoms with van der Waals surface area (Å²) in [5, 5.41) is 2.89. The molecular formula is C25H25F3N2O3S. The highest BCUT2D eigenvalue weighted by Crippen LogP contribution is 2.31. The van der Waals surface area contributed by atoms with E-state index in [4.69, 9.17) is 0 Å². The Labute approximate surface area is 197 Å². The van der Waals surface area contributed by atoms with Gasteiger partial charge in [-0.3, -0.25) is 9.10 Å². The van der Waals surface area contributed by atoms with Crippen molar-refractivity contribution in [3.8, 4) is 0 Å². The SMILES string of the molecule is C[C@@H](CNC(=O)c1ccc(CN(c2ccc(C(F)(F)F)cc2)S(C)(=O)=O)cc1)c1ccccc1. The van der Waals surface area contributed by atoms with Crippen molar-refractivity contribution in [2.45, 2.75) is 25.6 Å². The van der Waals surface area contributed by atoms with Crippen LogP contribution in [0.2, 0.25) is 0 Å². The lowest BCUT2D eigenvalue weighted by Crippen LogP contribution is -2.29. The van der Waals surface area contributed by atoms with E-state index in [0.29, 0.717) is 17.7 Å². The Kier molecular flexibility index (Phi) is 7.66. The molecule has 3 rings (SSSR count). The normalized spacial score (nSPS) is 12.7. The zero-order chi connectivity index (χ0) is 24.9. The molecule has 9 heteroatoms. The number of rotatable bonds is 8.